The lowest BCUT2D eigenvalue weighted by atomic mass is 10.1. The molecule has 0 radical (unpaired) electrons. The van der Waals surface area contributed by atoms with Gasteiger partial charge in [-0.1, -0.05) is 55.1 Å². The van der Waals surface area contributed by atoms with Gasteiger partial charge in [0.1, 0.15) is 4.83 Å². The van der Waals surface area contributed by atoms with Gasteiger partial charge in [-0.3, -0.25) is 24.3 Å². The van der Waals surface area contributed by atoms with Crippen LogP contribution in [-0.4, -0.2) is 20.4 Å². The predicted octanol–water partition coefficient (Wildman–Crippen LogP) is 4.56. The molecule has 0 spiro atoms. The Morgan fingerprint density at radius 2 is 1.97 bits per heavy atom. The van der Waals surface area contributed by atoms with E-state index in [0.717, 1.165) is 16.9 Å². The van der Waals surface area contributed by atoms with Gasteiger partial charge in [-0.2, -0.15) is 0 Å². The molecule has 0 saturated heterocycles. The van der Waals surface area contributed by atoms with Crippen molar-refractivity contribution in [3.63, 3.8) is 0 Å². The minimum atomic E-state index is -0.728. The third kappa shape index (κ3) is 5.02. The molecule has 0 bridgehead atoms. The summed E-state index contributed by atoms with van der Waals surface area (Å²) in [6.45, 7) is 2.47. The topological polar surface area (TPSA) is 121 Å². The summed E-state index contributed by atoms with van der Waals surface area (Å²) in [5, 5.41) is 12.7. The molecule has 2 aromatic carbocycles. The van der Waals surface area contributed by atoms with Crippen LogP contribution >= 0.6 is 23.1 Å². The van der Waals surface area contributed by atoms with Crippen molar-refractivity contribution in [3.8, 4) is 0 Å². The number of thioether (sulfide) groups is 1. The van der Waals surface area contributed by atoms with Crippen molar-refractivity contribution in [2.45, 2.75) is 37.2 Å². The van der Waals surface area contributed by atoms with E-state index in [9.17, 15) is 19.7 Å². The molecule has 2 N–H and O–H groups in total. The molecule has 2 heterocycles. The molecule has 0 fully saturated rings. The van der Waals surface area contributed by atoms with E-state index >= 15 is 0 Å². The van der Waals surface area contributed by atoms with Gasteiger partial charge in [0.25, 0.3) is 11.2 Å². The third-order valence-corrected chi connectivity index (χ3v) is 7.60. The standard InChI is InChI=1S/C24H22N4O4S2/c1-2-18-13-19-22(34-18)26-24(27(23(19)30)11-10-15-6-4-3-5-7-15)33-14-17-9-8-16(21(25)29)12-20(17)28(31)32/h3-9,12-13H,2,10-11,14H2,1H3,(H2,25,29). The van der Waals surface area contributed by atoms with Crippen LogP contribution < -0.4 is 11.3 Å². The average Bonchev–Trinajstić information content (AvgIpc) is 3.26. The third-order valence-electron chi connectivity index (χ3n) is 5.41. The number of nitrogens with zero attached hydrogens (tertiary/aromatic N) is 3. The van der Waals surface area contributed by atoms with E-state index in [2.05, 4.69) is 0 Å². The molecule has 4 rings (SSSR count). The molecule has 10 heteroatoms. The van der Waals surface area contributed by atoms with Gasteiger partial charge in [0.2, 0.25) is 5.91 Å². The molecule has 0 aliphatic carbocycles. The van der Waals surface area contributed by atoms with E-state index in [-0.39, 0.29) is 22.6 Å². The van der Waals surface area contributed by atoms with Crippen molar-refractivity contribution < 1.29 is 9.72 Å². The van der Waals surface area contributed by atoms with Crippen molar-refractivity contribution in [1.29, 1.82) is 0 Å². The highest BCUT2D eigenvalue weighted by Crippen LogP contribution is 2.30. The SMILES string of the molecule is CCc1cc2c(=O)n(CCc3ccccc3)c(SCc3ccc(C(N)=O)cc3[N+](=O)[O-])nc2s1. The summed E-state index contributed by atoms with van der Waals surface area (Å²) in [4.78, 5) is 42.3. The Bertz CT molecular complexity index is 1430. The van der Waals surface area contributed by atoms with Gasteiger partial charge < -0.3 is 5.73 Å². The van der Waals surface area contributed by atoms with Gasteiger partial charge >= 0.3 is 0 Å². The van der Waals surface area contributed by atoms with E-state index in [1.165, 1.54) is 41.3 Å². The van der Waals surface area contributed by atoms with Gasteiger partial charge in [-0.15, -0.1) is 11.3 Å². The van der Waals surface area contributed by atoms with E-state index in [1.54, 1.807) is 4.57 Å². The monoisotopic (exact) mass is 494 g/mol. The summed E-state index contributed by atoms with van der Waals surface area (Å²) in [5.74, 6) is -0.515. The lowest BCUT2D eigenvalue weighted by Gasteiger charge is -2.12. The number of fused-ring (bicyclic) bond motifs is 1. The van der Waals surface area contributed by atoms with Crippen LogP contribution in [0, 0.1) is 10.1 Å². The lowest BCUT2D eigenvalue weighted by Crippen LogP contribution is -2.23. The zero-order valence-electron chi connectivity index (χ0n) is 18.4. The highest BCUT2D eigenvalue weighted by Gasteiger charge is 2.19. The molecule has 0 unspecified atom stereocenters. The Balaban J connectivity index is 1.70. The molecule has 1 amide bonds. The van der Waals surface area contributed by atoms with Crippen molar-refractivity contribution in [2.75, 3.05) is 0 Å². The molecule has 0 aliphatic rings. The Kier molecular flexibility index (Phi) is 7.09. The summed E-state index contributed by atoms with van der Waals surface area (Å²) < 4.78 is 1.65. The Morgan fingerprint density at radius 3 is 2.65 bits per heavy atom. The predicted molar refractivity (Wildman–Crippen MR) is 135 cm³/mol. The van der Waals surface area contributed by atoms with E-state index in [1.807, 2.05) is 43.3 Å². The van der Waals surface area contributed by atoms with Crippen LogP contribution in [0.1, 0.15) is 33.3 Å². The second kappa shape index (κ2) is 10.2. The molecule has 8 nitrogen and oxygen atoms in total. The van der Waals surface area contributed by atoms with Crippen LogP contribution in [0.3, 0.4) is 0 Å². The minimum Gasteiger partial charge on any atom is -0.366 e. The van der Waals surface area contributed by atoms with E-state index in [4.69, 9.17) is 10.7 Å². The van der Waals surface area contributed by atoms with Crippen LogP contribution in [-0.2, 0) is 25.1 Å². The largest absolute Gasteiger partial charge is 0.366 e. The number of nitro benzene ring substituents is 1. The molecule has 4 aromatic rings. The minimum absolute atomic E-state index is 0.0745. The first-order valence-electron chi connectivity index (χ1n) is 10.6. The number of thiophene rings is 1. The fraction of sp³-hybridized carbons (Fsp3) is 0.208. The summed E-state index contributed by atoms with van der Waals surface area (Å²) >= 11 is 2.75. The number of carbonyl (C=O) groups is 1. The van der Waals surface area contributed by atoms with Crippen LogP contribution in [0.25, 0.3) is 10.2 Å². The van der Waals surface area contributed by atoms with Crippen molar-refractivity contribution in [2.24, 2.45) is 5.73 Å². The molecule has 0 aliphatic heterocycles. The fourth-order valence-corrected chi connectivity index (χ4v) is 5.60. The first-order valence-corrected chi connectivity index (χ1v) is 12.4. The number of rotatable bonds is 9. The highest BCUT2D eigenvalue weighted by molar-refractivity contribution is 7.98. The highest BCUT2D eigenvalue weighted by atomic mass is 32.2. The molecule has 2 aromatic heterocycles. The van der Waals surface area contributed by atoms with Crippen molar-refractivity contribution >= 4 is 44.9 Å². The smallest absolute Gasteiger partial charge is 0.274 e. The number of primary amides is 1. The number of hydrogen-bond donors (Lipinski definition) is 1. The number of carbonyl (C=O) groups excluding carboxylic acids is 1. The van der Waals surface area contributed by atoms with Crippen LogP contribution in [0.15, 0.2) is 64.5 Å². The fourth-order valence-electron chi connectivity index (χ4n) is 3.57. The number of aryl methyl sites for hydroxylation is 2. The Labute approximate surface area is 203 Å². The first-order chi connectivity index (χ1) is 16.4. The number of nitro groups is 1. The number of amides is 1. The van der Waals surface area contributed by atoms with Crippen molar-refractivity contribution in [3.05, 3.63) is 96.6 Å². The Hall–Kier alpha value is -3.50. The zero-order chi connectivity index (χ0) is 24.2. The quantitative estimate of drug-likeness (QED) is 0.158. The van der Waals surface area contributed by atoms with Gasteiger partial charge in [-0.05, 0) is 30.5 Å². The number of hydrogen-bond acceptors (Lipinski definition) is 7. The van der Waals surface area contributed by atoms with Crippen LogP contribution in [0.2, 0.25) is 0 Å². The normalized spacial score (nSPS) is 11.1. The summed E-state index contributed by atoms with van der Waals surface area (Å²) in [7, 11) is 0. The number of aromatic nitrogens is 2. The van der Waals surface area contributed by atoms with Crippen LogP contribution in [0.4, 0.5) is 5.69 Å². The zero-order valence-corrected chi connectivity index (χ0v) is 20.0. The maximum absolute atomic E-state index is 13.4. The molecular weight excluding hydrogens is 472 g/mol. The Morgan fingerprint density at radius 1 is 1.21 bits per heavy atom. The van der Waals surface area contributed by atoms with Crippen LogP contribution in [0.5, 0.6) is 0 Å². The molecular formula is C24H22N4O4S2. The van der Waals surface area contributed by atoms with Gasteiger partial charge in [0, 0.05) is 34.4 Å². The van der Waals surface area contributed by atoms with Gasteiger partial charge in [0.15, 0.2) is 5.16 Å². The molecule has 0 atom stereocenters. The second-order valence-electron chi connectivity index (χ2n) is 7.63. The van der Waals surface area contributed by atoms with E-state index in [0.29, 0.717) is 33.9 Å². The number of nitrogens with two attached hydrogens (primary N) is 1. The molecule has 174 valence electrons. The van der Waals surface area contributed by atoms with E-state index < -0.39 is 10.8 Å². The molecule has 0 saturated carbocycles. The summed E-state index contributed by atoms with van der Waals surface area (Å²) in [6.07, 6.45) is 1.46. The second-order valence-corrected chi connectivity index (χ2v) is 9.68. The maximum Gasteiger partial charge on any atom is 0.274 e. The summed E-state index contributed by atoms with van der Waals surface area (Å²) in [5.41, 5.74) is 6.56. The molecule has 34 heavy (non-hydrogen) atoms. The number of benzene rings is 2. The van der Waals surface area contributed by atoms with Crippen molar-refractivity contribution in [1.82, 2.24) is 9.55 Å². The first kappa shape index (κ1) is 23.7. The van der Waals surface area contributed by atoms with Gasteiger partial charge in [0.05, 0.1) is 10.3 Å². The summed E-state index contributed by atoms with van der Waals surface area (Å²) in [6, 6.07) is 15.9. The van der Waals surface area contributed by atoms with Gasteiger partial charge in [-0.25, -0.2) is 4.98 Å². The average molecular weight is 495 g/mol. The lowest BCUT2D eigenvalue weighted by molar-refractivity contribution is -0.385. The maximum atomic E-state index is 13.4.